The van der Waals surface area contributed by atoms with Gasteiger partial charge in [0.05, 0.1) is 17.1 Å². The molecular formula is C22H26N2O5S. The molecule has 2 aromatic rings. The van der Waals surface area contributed by atoms with E-state index < -0.39 is 16.0 Å². The Morgan fingerprint density at radius 3 is 2.43 bits per heavy atom. The molecule has 0 spiro atoms. The Morgan fingerprint density at radius 1 is 1.07 bits per heavy atom. The molecule has 8 heteroatoms. The average Bonchev–Trinajstić information content (AvgIpc) is 2.75. The summed E-state index contributed by atoms with van der Waals surface area (Å²) >= 11 is 0. The van der Waals surface area contributed by atoms with Gasteiger partial charge in [0.1, 0.15) is 0 Å². The molecule has 160 valence electrons. The van der Waals surface area contributed by atoms with E-state index in [0.717, 1.165) is 12.8 Å². The molecule has 2 aromatic carbocycles. The van der Waals surface area contributed by atoms with Crippen LogP contribution in [0.4, 0.5) is 5.69 Å². The van der Waals surface area contributed by atoms with Crippen molar-refractivity contribution < 1.29 is 22.7 Å². The maximum atomic E-state index is 13.0. The molecule has 1 N–H and O–H groups in total. The van der Waals surface area contributed by atoms with E-state index in [1.165, 1.54) is 4.31 Å². The quantitative estimate of drug-likeness (QED) is 0.680. The molecular weight excluding hydrogens is 404 g/mol. The summed E-state index contributed by atoms with van der Waals surface area (Å²) in [5.41, 5.74) is 0.948. The smallest absolute Gasteiger partial charge is 0.338 e. The van der Waals surface area contributed by atoms with Gasteiger partial charge in [-0.1, -0.05) is 24.6 Å². The van der Waals surface area contributed by atoms with Crippen LogP contribution in [0.1, 0.15) is 43.0 Å². The van der Waals surface area contributed by atoms with E-state index >= 15 is 0 Å². The van der Waals surface area contributed by atoms with E-state index in [1.807, 2.05) is 0 Å². The molecule has 1 amide bonds. The van der Waals surface area contributed by atoms with Crippen molar-refractivity contribution in [2.45, 2.75) is 43.5 Å². The highest BCUT2D eigenvalue weighted by molar-refractivity contribution is 7.89. The Kier molecular flexibility index (Phi) is 7.23. The van der Waals surface area contributed by atoms with Crippen LogP contribution in [0.25, 0.3) is 0 Å². The lowest BCUT2D eigenvalue weighted by molar-refractivity contribution is -0.117. The number of hydrogen-bond donors (Lipinski definition) is 1. The summed E-state index contributed by atoms with van der Waals surface area (Å²) in [5.74, 6) is -0.682. The third-order valence-electron chi connectivity index (χ3n) is 5.02. The molecule has 0 bridgehead atoms. The lowest BCUT2D eigenvalue weighted by Crippen LogP contribution is -2.45. The minimum absolute atomic E-state index is 0.0751. The van der Waals surface area contributed by atoms with Crippen LogP contribution in [-0.2, 0) is 19.6 Å². The molecule has 1 fully saturated rings. The first-order chi connectivity index (χ1) is 14.4. The van der Waals surface area contributed by atoms with Crippen LogP contribution in [0.3, 0.4) is 0 Å². The second-order valence-electron chi connectivity index (χ2n) is 7.13. The van der Waals surface area contributed by atoms with E-state index in [2.05, 4.69) is 5.32 Å². The van der Waals surface area contributed by atoms with Crippen molar-refractivity contribution >= 4 is 27.6 Å². The molecule has 0 aromatic heterocycles. The number of hydrogen-bond acceptors (Lipinski definition) is 5. The molecule has 0 radical (unpaired) electrons. The van der Waals surface area contributed by atoms with Crippen molar-refractivity contribution in [1.82, 2.24) is 4.31 Å². The first kappa shape index (κ1) is 22.0. The lowest BCUT2D eigenvalue weighted by atomic mass is 10.0. The van der Waals surface area contributed by atoms with Gasteiger partial charge in [-0.3, -0.25) is 4.79 Å². The number of sulfonamides is 1. The zero-order valence-corrected chi connectivity index (χ0v) is 17.7. The van der Waals surface area contributed by atoms with Gasteiger partial charge in [0.25, 0.3) is 0 Å². The van der Waals surface area contributed by atoms with Gasteiger partial charge in [-0.2, -0.15) is 4.31 Å². The second-order valence-corrected chi connectivity index (χ2v) is 9.02. The van der Waals surface area contributed by atoms with Crippen LogP contribution in [0.15, 0.2) is 59.5 Å². The van der Waals surface area contributed by atoms with E-state index in [4.69, 9.17) is 4.74 Å². The number of nitrogens with one attached hydrogen (secondary N) is 1. The minimum atomic E-state index is -3.65. The Bertz CT molecular complexity index is 974. The second kappa shape index (κ2) is 9.86. The number of amides is 1. The number of ether oxygens (including phenoxy) is 1. The third-order valence-corrected chi connectivity index (χ3v) is 6.99. The molecule has 0 unspecified atom stereocenters. The molecule has 1 heterocycles. The maximum absolute atomic E-state index is 13.0. The van der Waals surface area contributed by atoms with Crippen molar-refractivity contribution in [2.75, 3.05) is 18.5 Å². The van der Waals surface area contributed by atoms with E-state index in [0.29, 0.717) is 30.8 Å². The summed E-state index contributed by atoms with van der Waals surface area (Å²) in [6, 6.07) is 14.3. The predicted octanol–water partition coefficient (Wildman–Crippen LogP) is 3.44. The van der Waals surface area contributed by atoms with Crippen molar-refractivity contribution in [3.63, 3.8) is 0 Å². The number of rotatable bonds is 7. The van der Waals surface area contributed by atoms with Crippen LogP contribution >= 0.6 is 0 Å². The number of piperidine rings is 1. The normalized spacial score (nSPS) is 17.3. The number of carbonyl (C=O) groups is 2. The highest BCUT2D eigenvalue weighted by Crippen LogP contribution is 2.27. The minimum Gasteiger partial charge on any atom is -0.462 e. The fourth-order valence-electron chi connectivity index (χ4n) is 3.55. The van der Waals surface area contributed by atoms with Crippen molar-refractivity contribution in [2.24, 2.45) is 0 Å². The van der Waals surface area contributed by atoms with Gasteiger partial charge in [0, 0.05) is 24.7 Å². The van der Waals surface area contributed by atoms with Gasteiger partial charge in [-0.15, -0.1) is 0 Å². The topological polar surface area (TPSA) is 92.8 Å². The Morgan fingerprint density at radius 2 is 1.77 bits per heavy atom. The molecule has 1 aliphatic rings. The van der Waals surface area contributed by atoms with Crippen LogP contribution in [-0.4, -0.2) is 43.8 Å². The zero-order valence-electron chi connectivity index (χ0n) is 16.9. The van der Waals surface area contributed by atoms with Crippen molar-refractivity contribution in [3.8, 4) is 0 Å². The largest absolute Gasteiger partial charge is 0.462 e. The maximum Gasteiger partial charge on any atom is 0.338 e. The number of benzene rings is 2. The van der Waals surface area contributed by atoms with Crippen LogP contribution in [0, 0.1) is 0 Å². The molecule has 1 aliphatic heterocycles. The van der Waals surface area contributed by atoms with Gasteiger partial charge >= 0.3 is 5.97 Å². The molecule has 30 heavy (non-hydrogen) atoms. The molecule has 3 rings (SSSR count). The predicted molar refractivity (Wildman–Crippen MR) is 114 cm³/mol. The summed E-state index contributed by atoms with van der Waals surface area (Å²) in [5, 5.41) is 2.79. The highest BCUT2D eigenvalue weighted by Gasteiger charge is 2.34. The highest BCUT2D eigenvalue weighted by atomic mass is 32.2. The number of anilines is 1. The first-order valence-electron chi connectivity index (χ1n) is 10.1. The monoisotopic (exact) mass is 430 g/mol. The Labute approximate surface area is 177 Å². The van der Waals surface area contributed by atoms with Gasteiger partial charge in [-0.05, 0) is 56.2 Å². The van der Waals surface area contributed by atoms with Gasteiger partial charge < -0.3 is 10.1 Å². The standard InChI is InChI=1S/C22H26N2O5S/c1-2-29-22(26)17-11-13-18(14-12-17)23-21(25)16-19-8-6-7-15-24(19)30(27,28)20-9-4-3-5-10-20/h3-5,9-14,19H,2,6-8,15-16H2,1H3,(H,23,25)/t19-/m1/s1. The molecule has 0 aliphatic carbocycles. The zero-order chi connectivity index (χ0) is 21.6. The van der Waals surface area contributed by atoms with Gasteiger partial charge in [0.15, 0.2) is 0 Å². The molecule has 1 atom stereocenters. The van der Waals surface area contributed by atoms with E-state index in [9.17, 15) is 18.0 Å². The summed E-state index contributed by atoms with van der Waals surface area (Å²) in [6.45, 7) is 2.43. The Hall–Kier alpha value is -2.71. The van der Waals surface area contributed by atoms with Crippen molar-refractivity contribution in [3.05, 3.63) is 60.2 Å². The van der Waals surface area contributed by atoms with E-state index in [-0.39, 0.29) is 23.3 Å². The summed E-state index contributed by atoms with van der Waals surface area (Å²) in [7, 11) is -3.65. The molecule has 7 nitrogen and oxygen atoms in total. The fraction of sp³-hybridized carbons (Fsp3) is 0.364. The summed E-state index contributed by atoms with van der Waals surface area (Å²) in [6.07, 6.45) is 2.37. The van der Waals surface area contributed by atoms with Crippen LogP contribution < -0.4 is 5.32 Å². The number of carbonyl (C=O) groups excluding carboxylic acids is 2. The number of nitrogens with zero attached hydrogens (tertiary/aromatic N) is 1. The van der Waals surface area contributed by atoms with E-state index in [1.54, 1.807) is 61.5 Å². The van der Waals surface area contributed by atoms with Gasteiger partial charge in [-0.25, -0.2) is 13.2 Å². The fourth-order valence-corrected chi connectivity index (χ4v) is 5.27. The van der Waals surface area contributed by atoms with Crippen LogP contribution in [0.2, 0.25) is 0 Å². The third kappa shape index (κ3) is 5.25. The first-order valence-corrected chi connectivity index (χ1v) is 11.5. The average molecular weight is 431 g/mol. The van der Waals surface area contributed by atoms with Crippen LogP contribution in [0.5, 0.6) is 0 Å². The van der Waals surface area contributed by atoms with Crippen molar-refractivity contribution in [1.29, 1.82) is 0 Å². The summed E-state index contributed by atoms with van der Waals surface area (Å²) < 4.78 is 32.5. The Balaban J connectivity index is 1.66. The SMILES string of the molecule is CCOC(=O)c1ccc(NC(=O)C[C@H]2CCCCN2S(=O)(=O)c2ccccc2)cc1. The molecule has 0 saturated carbocycles. The van der Waals surface area contributed by atoms with Gasteiger partial charge in [0.2, 0.25) is 15.9 Å². The molecule has 1 saturated heterocycles. The lowest BCUT2D eigenvalue weighted by Gasteiger charge is -2.34. The summed E-state index contributed by atoms with van der Waals surface area (Å²) in [4.78, 5) is 24.5. The number of esters is 1.